The summed E-state index contributed by atoms with van der Waals surface area (Å²) in [5.41, 5.74) is 3.85. The van der Waals surface area contributed by atoms with Crippen LogP contribution in [0, 0.1) is 0 Å². The number of aryl methyl sites for hydroxylation is 1. The molecular weight excluding hydrogens is 400 g/mol. The molecule has 0 saturated carbocycles. The molecule has 7 heteroatoms. The number of nitrogens with zero attached hydrogens (tertiary/aromatic N) is 6. The van der Waals surface area contributed by atoms with Crippen molar-refractivity contribution in [3.8, 4) is 11.3 Å². The molecule has 2 saturated heterocycles. The molecule has 4 heterocycles. The smallest absolute Gasteiger partial charge is 0.230 e. The summed E-state index contributed by atoms with van der Waals surface area (Å²) in [5, 5.41) is 4.81. The van der Waals surface area contributed by atoms with Crippen LogP contribution in [0.3, 0.4) is 0 Å². The number of carbonyl (C=O) groups excluding carboxylic acids is 1. The van der Waals surface area contributed by atoms with Crippen molar-refractivity contribution in [3.63, 3.8) is 0 Å². The van der Waals surface area contributed by atoms with E-state index in [4.69, 9.17) is 10.1 Å². The number of likely N-dealkylation sites (tertiary alicyclic amines) is 1. The normalized spacial score (nSPS) is 19.5. The number of aromatic nitrogens is 4. The summed E-state index contributed by atoms with van der Waals surface area (Å²) in [6.45, 7) is 4.77. The highest BCUT2D eigenvalue weighted by Gasteiger charge is 2.36. The van der Waals surface area contributed by atoms with Gasteiger partial charge in [-0.15, -0.1) is 0 Å². The number of carbonyl (C=O) groups is 1. The average Bonchev–Trinajstić information content (AvgIpc) is 3.59. The second-order valence-corrected chi connectivity index (χ2v) is 8.86. The fraction of sp³-hybridized carbons (Fsp3) is 0.440. The Morgan fingerprint density at radius 2 is 1.84 bits per heavy atom. The monoisotopic (exact) mass is 430 g/mol. The molecule has 7 nitrogen and oxygen atoms in total. The summed E-state index contributed by atoms with van der Waals surface area (Å²) in [4.78, 5) is 27.1. The van der Waals surface area contributed by atoms with E-state index in [2.05, 4.69) is 9.88 Å². The molecule has 1 aromatic carbocycles. The maximum absolute atomic E-state index is 13.5. The third-order valence-corrected chi connectivity index (χ3v) is 6.69. The molecule has 2 fully saturated rings. The molecule has 0 aliphatic carbocycles. The molecule has 0 radical (unpaired) electrons. The number of amides is 1. The van der Waals surface area contributed by atoms with Gasteiger partial charge in [0.2, 0.25) is 11.9 Å². The summed E-state index contributed by atoms with van der Waals surface area (Å²) < 4.78 is 1.84. The average molecular weight is 431 g/mol. The van der Waals surface area contributed by atoms with E-state index < -0.39 is 0 Å². The summed E-state index contributed by atoms with van der Waals surface area (Å²) in [5.74, 6) is 0.771. The topological polar surface area (TPSA) is 67.2 Å². The standard InChI is InChI=1S/C25H30N6O/c1-18(19-9-4-3-5-10-19)24(32)31-16-8-11-22(31)23-20(17-29(2)28-23)21-12-13-26-25(27-21)30-14-6-7-15-30/h3-5,9-10,12-13,17-18,22H,6-8,11,14-16H2,1-2H3/t18-,22+/m1/s1. The molecule has 166 valence electrons. The maximum atomic E-state index is 13.5. The van der Waals surface area contributed by atoms with Crippen LogP contribution in [0.25, 0.3) is 11.3 Å². The minimum Gasteiger partial charge on any atom is -0.341 e. The van der Waals surface area contributed by atoms with Crippen LogP contribution in [0.5, 0.6) is 0 Å². The lowest BCUT2D eigenvalue weighted by Gasteiger charge is -2.27. The van der Waals surface area contributed by atoms with Crippen LogP contribution in [0.1, 0.15) is 55.8 Å². The van der Waals surface area contributed by atoms with Crippen molar-refractivity contribution in [1.29, 1.82) is 0 Å². The van der Waals surface area contributed by atoms with Gasteiger partial charge in [-0.3, -0.25) is 9.48 Å². The van der Waals surface area contributed by atoms with Crippen LogP contribution < -0.4 is 4.90 Å². The molecule has 3 aromatic rings. The molecule has 0 bridgehead atoms. The molecule has 0 spiro atoms. The van der Waals surface area contributed by atoms with E-state index in [-0.39, 0.29) is 17.9 Å². The second kappa shape index (κ2) is 8.73. The lowest BCUT2D eigenvalue weighted by molar-refractivity contribution is -0.133. The Bertz CT molecular complexity index is 1090. The molecule has 0 unspecified atom stereocenters. The van der Waals surface area contributed by atoms with Gasteiger partial charge < -0.3 is 9.80 Å². The van der Waals surface area contributed by atoms with Crippen molar-refractivity contribution in [2.75, 3.05) is 24.5 Å². The Labute approximate surface area is 189 Å². The maximum Gasteiger partial charge on any atom is 0.230 e. The molecule has 2 aromatic heterocycles. The fourth-order valence-corrected chi connectivity index (χ4v) is 4.96. The molecule has 2 atom stereocenters. The van der Waals surface area contributed by atoms with E-state index in [1.165, 1.54) is 12.8 Å². The Morgan fingerprint density at radius 3 is 2.62 bits per heavy atom. The van der Waals surface area contributed by atoms with Crippen molar-refractivity contribution >= 4 is 11.9 Å². The molecule has 2 aliphatic heterocycles. The van der Waals surface area contributed by atoms with E-state index >= 15 is 0 Å². The molecule has 1 amide bonds. The predicted octanol–water partition coefficient (Wildman–Crippen LogP) is 3.94. The Kier molecular flexibility index (Phi) is 5.64. The van der Waals surface area contributed by atoms with Gasteiger partial charge in [0, 0.05) is 44.6 Å². The minimum absolute atomic E-state index is 0.0323. The van der Waals surface area contributed by atoms with E-state index in [1.807, 2.05) is 72.3 Å². The lowest BCUT2D eigenvalue weighted by Crippen LogP contribution is -2.34. The van der Waals surface area contributed by atoms with Crippen LogP contribution in [-0.4, -0.2) is 50.2 Å². The lowest BCUT2D eigenvalue weighted by atomic mass is 9.98. The van der Waals surface area contributed by atoms with Gasteiger partial charge in [-0.25, -0.2) is 9.97 Å². The number of hydrogen-bond acceptors (Lipinski definition) is 5. The first-order chi connectivity index (χ1) is 15.6. The SMILES string of the molecule is C[C@@H](C(=O)N1CCC[C@H]1c1nn(C)cc1-c1ccnc(N2CCCC2)n1)c1ccccc1. The van der Waals surface area contributed by atoms with Gasteiger partial charge in [-0.1, -0.05) is 30.3 Å². The Balaban J connectivity index is 1.45. The number of rotatable bonds is 5. The van der Waals surface area contributed by atoms with Crippen molar-refractivity contribution in [1.82, 2.24) is 24.6 Å². The van der Waals surface area contributed by atoms with Crippen molar-refractivity contribution in [3.05, 3.63) is 60.0 Å². The van der Waals surface area contributed by atoms with Gasteiger partial charge in [-0.2, -0.15) is 5.10 Å². The summed E-state index contributed by atoms with van der Waals surface area (Å²) >= 11 is 0. The Hall–Kier alpha value is -3.22. The van der Waals surface area contributed by atoms with Gasteiger partial charge in [0.25, 0.3) is 0 Å². The van der Waals surface area contributed by atoms with Crippen molar-refractivity contribution in [2.45, 2.75) is 44.6 Å². The zero-order chi connectivity index (χ0) is 22.1. The van der Waals surface area contributed by atoms with E-state index in [1.54, 1.807) is 0 Å². The van der Waals surface area contributed by atoms with Crippen LogP contribution in [0.2, 0.25) is 0 Å². The number of anilines is 1. The molecule has 32 heavy (non-hydrogen) atoms. The molecular formula is C25H30N6O. The molecule has 5 rings (SSSR count). The van der Waals surface area contributed by atoms with Gasteiger partial charge in [0.1, 0.15) is 0 Å². The highest BCUT2D eigenvalue weighted by atomic mass is 16.2. The number of hydrogen-bond donors (Lipinski definition) is 0. The minimum atomic E-state index is -0.176. The summed E-state index contributed by atoms with van der Waals surface area (Å²) in [6, 6.07) is 11.9. The first-order valence-corrected chi connectivity index (χ1v) is 11.6. The Morgan fingerprint density at radius 1 is 1.06 bits per heavy atom. The van der Waals surface area contributed by atoms with Crippen LogP contribution >= 0.6 is 0 Å². The summed E-state index contributed by atoms with van der Waals surface area (Å²) in [7, 11) is 1.93. The fourth-order valence-electron chi connectivity index (χ4n) is 4.96. The van der Waals surface area contributed by atoms with E-state index in [9.17, 15) is 4.79 Å². The molecule has 0 N–H and O–H groups in total. The van der Waals surface area contributed by atoms with Gasteiger partial charge in [-0.05, 0) is 44.2 Å². The van der Waals surface area contributed by atoms with E-state index in [0.717, 1.165) is 60.9 Å². The quantitative estimate of drug-likeness (QED) is 0.613. The highest BCUT2D eigenvalue weighted by molar-refractivity contribution is 5.84. The van der Waals surface area contributed by atoms with Crippen LogP contribution in [-0.2, 0) is 11.8 Å². The highest BCUT2D eigenvalue weighted by Crippen LogP contribution is 2.38. The first-order valence-electron chi connectivity index (χ1n) is 11.6. The van der Waals surface area contributed by atoms with Crippen molar-refractivity contribution < 1.29 is 4.79 Å². The van der Waals surface area contributed by atoms with E-state index in [0.29, 0.717) is 0 Å². The van der Waals surface area contributed by atoms with Gasteiger partial charge >= 0.3 is 0 Å². The number of benzene rings is 1. The molecule has 2 aliphatic rings. The second-order valence-electron chi connectivity index (χ2n) is 8.86. The van der Waals surface area contributed by atoms with Gasteiger partial charge in [0.05, 0.1) is 23.3 Å². The van der Waals surface area contributed by atoms with Crippen LogP contribution in [0.4, 0.5) is 5.95 Å². The zero-order valence-electron chi connectivity index (χ0n) is 18.8. The largest absolute Gasteiger partial charge is 0.341 e. The third kappa shape index (κ3) is 3.87. The summed E-state index contributed by atoms with van der Waals surface area (Å²) in [6.07, 6.45) is 8.13. The van der Waals surface area contributed by atoms with Gasteiger partial charge in [0.15, 0.2) is 0 Å². The van der Waals surface area contributed by atoms with Crippen molar-refractivity contribution in [2.24, 2.45) is 7.05 Å². The first kappa shape index (κ1) is 20.7. The third-order valence-electron chi connectivity index (χ3n) is 6.69. The van der Waals surface area contributed by atoms with Crippen LogP contribution in [0.15, 0.2) is 48.8 Å². The zero-order valence-corrected chi connectivity index (χ0v) is 18.8. The predicted molar refractivity (Wildman–Crippen MR) is 124 cm³/mol.